The normalized spacial score (nSPS) is 12.5. The van der Waals surface area contributed by atoms with Crippen LogP contribution in [0.3, 0.4) is 0 Å². The van der Waals surface area contributed by atoms with Gasteiger partial charge >= 0.3 is 0 Å². The van der Waals surface area contributed by atoms with Crippen molar-refractivity contribution in [3.8, 4) is 89.3 Å². The van der Waals surface area contributed by atoms with Crippen LogP contribution < -0.4 is 9.80 Å². The van der Waals surface area contributed by atoms with Gasteiger partial charge in [-0.25, -0.2) is 0 Å². The molecule has 19 aromatic carbocycles. The van der Waals surface area contributed by atoms with Gasteiger partial charge in [0.05, 0.1) is 44.2 Å². The van der Waals surface area contributed by atoms with Crippen molar-refractivity contribution in [1.82, 2.24) is 9.13 Å². The van der Waals surface area contributed by atoms with Crippen molar-refractivity contribution in [1.29, 1.82) is 0 Å². The molecule has 0 radical (unpaired) electrons. The molecule has 5 aromatic heterocycles. The molecule has 0 fully saturated rings. The molecule has 0 unspecified atom stereocenters. The summed E-state index contributed by atoms with van der Waals surface area (Å²) in [5, 5.41) is 11.1. The number of aromatic nitrogens is 2. The first-order valence-electron chi connectivity index (χ1n) is 42.6. The lowest BCUT2D eigenvalue weighted by Crippen LogP contribution is -2.15. The number of fused-ring (bicyclic) bond motifs is 18. The van der Waals surface area contributed by atoms with Gasteiger partial charge < -0.3 is 32.2 Å². The number of para-hydroxylation sites is 4. The van der Waals surface area contributed by atoms with Gasteiger partial charge in [-0.3, -0.25) is 0 Å². The van der Waals surface area contributed by atoms with Gasteiger partial charge in [-0.05, 0) is 277 Å². The quantitative estimate of drug-likeness (QED) is 0.109. The van der Waals surface area contributed by atoms with Crippen molar-refractivity contribution in [2.24, 2.45) is 0 Å². The molecule has 0 N–H and O–H groups in total. The SMILES string of the molecule is CC1(C)c2ccc(-c3ccc4oc5ccc(N(c6ccc(-c7ccccc7)cc6)c6cccc7oc8ccc(-c9ccc%10c(c9)c9ccccc9n%10-c9ccccc9)cc8c67)cc5c4c3)cc2-c2ccc(-c3ccc(N(c4ccc(-c5ccccc5)cc4)c4cccc5oc6ccc(-c7ccc8c(c7)c7ccccc7n8-c7ccccc7)cc6c45)cc3)cc21. The summed E-state index contributed by atoms with van der Waals surface area (Å²) in [5.41, 5.74) is 36.6. The maximum absolute atomic E-state index is 6.86. The highest BCUT2D eigenvalue weighted by atomic mass is 16.3. The van der Waals surface area contributed by atoms with E-state index < -0.39 is 0 Å². The first kappa shape index (κ1) is 70.8. The van der Waals surface area contributed by atoms with Crippen molar-refractivity contribution in [2.75, 3.05) is 9.80 Å². The summed E-state index contributed by atoms with van der Waals surface area (Å²) in [5.74, 6) is 0. The Morgan fingerprint density at radius 2 is 0.532 bits per heavy atom. The number of nitrogens with zero attached hydrogens (tertiary/aromatic N) is 4. The van der Waals surface area contributed by atoms with Crippen LogP contribution in [0.5, 0.6) is 0 Å². The summed E-state index contributed by atoms with van der Waals surface area (Å²) in [4.78, 5) is 4.79. The van der Waals surface area contributed by atoms with E-state index in [1.54, 1.807) is 0 Å². The predicted octanol–water partition coefficient (Wildman–Crippen LogP) is 32.8. The van der Waals surface area contributed by atoms with Crippen LogP contribution in [0.15, 0.2) is 438 Å². The lowest BCUT2D eigenvalue weighted by Gasteiger charge is -2.27. The zero-order chi connectivity index (χ0) is 81.8. The second kappa shape index (κ2) is 27.9. The fourth-order valence-corrected chi connectivity index (χ4v) is 20.1. The van der Waals surface area contributed by atoms with E-state index in [0.29, 0.717) is 0 Å². The topological polar surface area (TPSA) is 55.8 Å². The zero-order valence-corrected chi connectivity index (χ0v) is 67.9. The Morgan fingerprint density at radius 3 is 1.02 bits per heavy atom. The number of furan rings is 3. The molecule has 24 aromatic rings. The molecule has 124 heavy (non-hydrogen) atoms. The summed E-state index contributed by atoms with van der Waals surface area (Å²) >= 11 is 0. The van der Waals surface area contributed by atoms with Crippen LogP contribution in [0.25, 0.3) is 199 Å². The maximum Gasteiger partial charge on any atom is 0.137 e. The minimum Gasteiger partial charge on any atom is -0.456 e. The molecular weight excluding hydrogens is 1510 g/mol. The fourth-order valence-electron chi connectivity index (χ4n) is 20.1. The van der Waals surface area contributed by atoms with E-state index in [9.17, 15) is 0 Å². The number of anilines is 6. The molecule has 1 aliphatic carbocycles. The van der Waals surface area contributed by atoms with E-state index in [1.165, 1.54) is 77.0 Å². The summed E-state index contributed by atoms with van der Waals surface area (Å²) in [6.07, 6.45) is 0. The first-order valence-corrected chi connectivity index (χ1v) is 42.6. The molecule has 25 rings (SSSR count). The fraction of sp³-hybridized carbons (Fsp3) is 0.0256. The number of hydrogen-bond acceptors (Lipinski definition) is 5. The standard InChI is InChI=1S/C117H76N4O3/c1-117(2)101-58-44-78(81-47-61-109-97(68-81)98-72-90(56-64-110(98)122-109)119(89-52-39-76(40-53-89)74-23-9-4-10-24-74)108-34-20-36-114-116(108)100-70-83(49-63-112(100)124-114)80-46-60-106-96(67-80)93-30-16-18-32-104(93)121(106)86-27-13-6-14-28-86)65-94(101)91-57-43-84(71-102(91)117)77-41-54-88(55-42-77)118(87-50-37-75(38-51-87)73-21-7-3-8-22-73)107-33-19-35-113-115(107)99-69-82(48-62-111(99)123-113)79-45-59-105-95(66-79)92-29-15-17-31-103(92)120(105)85-25-11-5-12-26-85/h3-72H,1-2H3. The first-order chi connectivity index (χ1) is 61.2. The van der Waals surface area contributed by atoms with E-state index >= 15 is 0 Å². The van der Waals surface area contributed by atoms with Crippen LogP contribution in [-0.4, -0.2) is 9.13 Å². The average molecular weight is 1590 g/mol. The second-order valence-corrected chi connectivity index (χ2v) is 33.4. The van der Waals surface area contributed by atoms with Crippen molar-refractivity contribution >= 4 is 144 Å². The van der Waals surface area contributed by atoms with Crippen LogP contribution in [0.4, 0.5) is 34.1 Å². The molecule has 582 valence electrons. The number of rotatable bonds is 14. The van der Waals surface area contributed by atoms with E-state index in [0.717, 1.165) is 167 Å². The third kappa shape index (κ3) is 11.4. The molecule has 0 saturated carbocycles. The monoisotopic (exact) mass is 1580 g/mol. The van der Waals surface area contributed by atoms with Crippen LogP contribution >= 0.6 is 0 Å². The molecule has 0 bridgehead atoms. The van der Waals surface area contributed by atoms with E-state index in [-0.39, 0.29) is 5.41 Å². The minimum absolute atomic E-state index is 0.269. The van der Waals surface area contributed by atoms with Gasteiger partial charge in [-0.2, -0.15) is 0 Å². The van der Waals surface area contributed by atoms with Crippen molar-refractivity contribution < 1.29 is 13.3 Å². The van der Waals surface area contributed by atoms with Crippen LogP contribution in [0.2, 0.25) is 0 Å². The highest BCUT2D eigenvalue weighted by Crippen LogP contribution is 2.54. The van der Waals surface area contributed by atoms with Gasteiger partial charge in [-0.1, -0.05) is 250 Å². The van der Waals surface area contributed by atoms with Gasteiger partial charge in [0.25, 0.3) is 0 Å². The molecule has 0 aliphatic heterocycles. The van der Waals surface area contributed by atoms with Crippen molar-refractivity contribution in [3.63, 3.8) is 0 Å². The molecule has 5 heterocycles. The molecule has 0 atom stereocenters. The maximum atomic E-state index is 6.86. The van der Waals surface area contributed by atoms with Crippen molar-refractivity contribution in [3.05, 3.63) is 436 Å². The third-order valence-electron chi connectivity index (χ3n) is 26.1. The zero-order valence-electron chi connectivity index (χ0n) is 67.9. The molecule has 0 spiro atoms. The Labute approximate surface area is 715 Å². The largest absolute Gasteiger partial charge is 0.456 e. The summed E-state index contributed by atoms with van der Waals surface area (Å²) in [6.45, 7) is 4.75. The van der Waals surface area contributed by atoms with Crippen LogP contribution in [0, 0.1) is 0 Å². The van der Waals surface area contributed by atoms with Gasteiger partial charge in [0, 0.05) is 82.6 Å². The van der Waals surface area contributed by atoms with E-state index in [2.05, 4.69) is 457 Å². The smallest absolute Gasteiger partial charge is 0.137 e. The summed E-state index contributed by atoms with van der Waals surface area (Å²) in [6, 6.07) is 155. The van der Waals surface area contributed by atoms with Gasteiger partial charge in [0.15, 0.2) is 0 Å². The molecule has 0 saturated heterocycles. The highest BCUT2D eigenvalue weighted by molar-refractivity contribution is 6.18. The molecule has 0 amide bonds. The molecule has 7 heteroatoms. The average Bonchev–Trinajstić information content (AvgIpc) is 1.56. The Kier molecular flexibility index (Phi) is 15.9. The second-order valence-electron chi connectivity index (χ2n) is 33.4. The molecule has 1 aliphatic rings. The van der Waals surface area contributed by atoms with Crippen LogP contribution in [0.1, 0.15) is 25.0 Å². The van der Waals surface area contributed by atoms with E-state index in [1.807, 2.05) is 0 Å². The third-order valence-corrected chi connectivity index (χ3v) is 26.1. The minimum atomic E-state index is -0.269. The number of benzene rings is 19. The Bertz CT molecular complexity index is 8420. The van der Waals surface area contributed by atoms with Gasteiger partial charge in [-0.15, -0.1) is 0 Å². The van der Waals surface area contributed by atoms with Gasteiger partial charge in [0.1, 0.15) is 33.5 Å². The summed E-state index contributed by atoms with van der Waals surface area (Å²) in [7, 11) is 0. The van der Waals surface area contributed by atoms with Crippen LogP contribution in [-0.2, 0) is 5.41 Å². The van der Waals surface area contributed by atoms with Gasteiger partial charge in [0.2, 0.25) is 0 Å². The lowest BCUT2D eigenvalue weighted by molar-refractivity contribution is 0.660. The lowest BCUT2D eigenvalue weighted by atomic mass is 9.81. The Hall–Kier alpha value is -16.2. The highest BCUT2D eigenvalue weighted by Gasteiger charge is 2.36. The predicted molar refractivity (Wildman–Crippen MR) is 517 cm³/mol. The molecule has 7 nitrogen and oxygen atoms in total. The molecular formula is C117H76N4O3. The Morgan fingerprint density at radius 1 is 0.202 bits per heavy atom. The Balaban J connectivity index is 0.553. The number of hydrogen-bond donors (Lipinski definition) is 0. The van der Waals surface area contributed by atoms with E-state index in [4.69, 9.17) is 13.3 Å². The summed E-state index contributed by atoms with van der Waals surface area (Å²) < 4.78 is 25.2. The van der Waals surface area contributed by atoms with Crippen molar-refractivity contribution in [2.45, 2.75) is 19.3 Å².